The Balaban J connectivity index is 2.19. The zero-order chi connectivity index (χ0) is 16.2. The molecular weight excluding hydrogens is 272 g/mol. The van der Waals surface area contributed by atoms with E-state index in [0.29, 0.717) is 5.75 Å². The molecule has 0 radical (unpaired) electrons. The first-order valence-corrected chi connectivity index (χ1v) is 9.04. The molecule has 0 bridgehead atoms. The van der Waals surface area contributed by atoms with Crippen LogP contribution in [0.3, 0.4) is 0 Å². The van der Waals surface area contributed by atoms with Gasteiger partial charge in [0.2, 0.25) is 0 Å². The van der Waals surface area contributed by atoms with E-state index in [1.54, 1.807) is 0 Å². The Morgan fingerprint density at radius 3 is 2.18 bits per heavy atom. The second-order valence-corrected chi connectivity index (χ2v) is 7.02. The van der Waals surface area contributed by atoms with Crippen LogP contribution in [-0.2, 0) is 6.42 Å². The van der Waals surface area contributed by atoms with Crippen LogP contribution < -0.4 is 4.74 Å². The van der Waals surface area contributed by atoms with Crippen LogP contribution in [0.5, 0.6) is 11.5 Å². The van der Waals surface area contributed by atoms with Gasteiger partial charge in [-0.15, -0.1) is 0 Å². The number of ether oxygens (including phenoxy) is 1. The van der Waals surface area contributed by atoms with Gasteiger partial charge in [-0.05, 0) is 56.7 Å². The van der Waals surface area contributed by atoms with Crippen molar-refractivity contribution in [1.29, 1.82) is 0 Å². The molecule has 0 atom stereocenters. The summed E-state index contributed by atoms with van der Waals surface area (Å²) in [7, 11) is 0. The third kappa shape index (κ3) is 3.59. The molecule has 2 nitrogen and oxygen atoms in total. The summed E-state index contributed by atoms with van der Waals surface area (Å²) < 4.78 is 6.49. The van der Waals surface area contributed by atoms with Gasteiger partial charge in [-0.3, -0.25) is 0 Å². The lowest BCUT2D eigenvalue weighted by Gasteiger charge is -2.29. The molecule has 0 saturated heterocycles. The summed E-state index contributed by atoms with van der Waals surface area (Å²) in [5.74, 6) is 1.46. The molecule has 0 aliphatic carbocycles. The second kappa shape index (κ2) is 7.39. The highest BCUT2D eigenvalue weighted by Gasteiger charge is 2.39. The van der Waals surface area contributed by atoms with Crippen molar-refractivity contribution >= 4 is 0 Å². The highest BCUT2D eigenvalue weighted by molar-refractivity contribution is 5.54. The molecule has 1 aromatic rings. The molecule has 0 aromatic heterocycles. The Labute approximate surface area is 135 Å². The summed E-state index contributed by atoms with van der Waals surface area (Å²) >= 11 is 0. The van der Waals surface area contributed by atoms with Crippen molar-refractivity contribution in [1.82, 2.24) is 0 Å². The fourth-order valence-corrected chi connectivity index (χ4v) is 3.68. The van der Waals surface area contributed by atoms with Crippen LogP contribution >= 0.6 is 0 Å². The number of benzene rings is 1. The van der Waals surface area contributed by atoms with Gasteiger partial charge >= 0.3 is 0 Å². The molecular formula is C20H32O2. The lowest BCUT2D eigenvalue weighted by atomic mass is 9.85. The van der Waals surface area contributed by atoms with Crippen LogP contribution in [0.4, 0.5) is 0 Å². The molecule has 0 fully saturated rings. The fourth-order valence-electron chi connectivity index (χ4n) is 3.68. The molecule has 0 unspecified atom stereocenters. The summed E-state index contributed by atoms with van der Waals surface area (Å²) in [4.78, 5) is 0. The van der Waals surface area contributed by atoms with Gasteiger partial charge < -0.3 is 9.84 Å². The van der Waals surface area contributed by atoms with E-state index in [4.69, 9.17) is 4.74 Å². The van der Waals surface area contributed by atoms with Gasteiger partial charge in [-0.25, -0.2) is 0 Å². The normalized spacial score (nSPS) is 15.6. The molecule has 22 heavy (non-hydrogen) atoms. The maximum Gasteiger partial charge on any atom is 0.124 e. The zero-order valence-corrected chi connectivity index (χ0v) is 14.8. The lowest BCUT2D eigenvalue weighted by Crippen LogP contribution is -2.34. The summed E-state index contributed by atoms with van der Waals surface area (Å²) in [6.07, 6.45) is 10.8. The maximum atomic E-state index is 10.2. The van der Waals surface area contributed by atoms with E-state index in [9.17, 15) is 5.11 Å². The first-order valence-electron chi connectivity index (χ1n) is 9.04. The summed E-state index contributed by atoms with van der Waals surface area (Å²) in [6.45, 7) is 8.48. The SMILES string of the molecule is CCCCCC1(CCCCC)Cc2c(cc(C)c(O)c2C)O1. The topological polar surface area (TPSA) is 29.5 Å². The van der Waals surface area contributed by atoms with E-state index in [0.717, 1.165) is 36.1 Å². The van der Waals surface area contributed by atoms with Crippen molar-refractivity contribution in [3.05, 3.63) is 22.8 Å². The Kier molecular flexibility index (Phi) is 5.77. The smallest absolute Gasteiger partial charge is 0.124 e. The second-order valence-electron chi connectivity index (χ2n) is 7.02. The van der Waals surface area contributed by atoms with Crippen molar-refractivity contribution in [3.63, 3.8) is 0 Å². The van der Waals surface area contributed by atoms with Crippen LogP contribution in [0.15, 0.2) is 6.07 Å². The van der Waals surface area contributed by atoms with Crippen molar-refractivity contribution in [2.24, 2.45) is 0 Å². The number of phenols is 1. The van der Waals surface area contributed by atoms with Crippen molar-refractivity contribution in [3.8, 4) is 11.5 Å². The van der Waals surface area contributed by atoms with E-state index in [1.165, 1.54) is 44.1 Å². The monoisotopic (exact) mass is 304 g/mol. The molecule has 0 amide bonds. The highest BCUT2D eigenvalue weighted by Crippen LogP contribution is 2.45. The first-order chi connectivity index (χ1) is 10.5. The predicted molar refractivity (Wildman–Crippen MR) is 92.9 cm³/mol. The Hall–Kier alpha value is -1.18. The first kappa shape index (κ1) is 17.2. The molecule has 0 spiro atoms. The number of hydrogen-bond acceptors (Lipinski definition) is 2. The third-order valence-corrected chi connectivity index (χ3v) is 5.12. The van der Waals surface area contributed by atoms with E-state index < -0.39 is 0 Å². The van der Waals surface area contributed by atoms with Crippen molar-refractivity contribution < 1.29 is 9.84 Å². The molecule has 0 saturated carbocycles. The van der Waals surface area contributed by atoms with Gasteiger partial charge in [0.1, 0.15) is 17.1 Å². The van der Waals surface area contributed by atoms with Gasteiger partial charge in [0.25, 0.3) is 0 Å². The van der Waals surface area contributed by atoms with E-state index in [2.05, 4.69) is 13.8 Å². The molecule has 1 aromatic carbocycles. The van der Waals surface area contributed by atoms with E-state index >= 15 is 0 Å². The van der Waals surface area contributed by atoms with Gasteiger partial charge in [0, 0.05) is 12.0 Å². The molecule has 2 heteroatoms. The van der Waals surface area contributed by atoms with E-state index in [1.807, 2.05) is 19.9 Å². The standard InChI is InChI=1S/C20H32O2/c1-5-7-9-11-20(12-10-8-6-2)14-17-16(4)19(21)15(3)13-18(17)22-20/h13,21H,5-12,14H2,1-4H3. The Bertz CT molecular complexity index is 495. The summed E-state index contributed by atoms with van der Waals surface area (Å²) in [6, 6.07) is 2.03. The largest absolute Gasteiger partial charge is 0.507 e. The molecule has 1 N–H and O–H groups in total. The average Bonchev–Trinajstić information content (AvgIpc) is 2.85. The molecule has 124 valence electrons. The maximum absolute atomic E-state index is 10.2. The van der Waals surface area contributed by atoms with Gasteiger partial charge in [0.15, 0.2) is 0 Å². The van der Waals surface area contributed by atoms with Crippen LogP contribution in [0.1, 0.15) is 81.9 Å². The highest BCUT2D eigenvalue weighted by atomic mass is 16.5. The Morgan fingerprint density at radius 1 is 1.05 bits per heavy atom. The number of unbranched alkanes of at least 4 members (excludes halogenated alkanes) is 4. The minimum Gasteiger partial charge on any atom is -0.507 e. The van der Waals surface area contributed by atoms with Crippen LogP contribution in [0.25, 0.3) is 0 Å². The van der Waals surface area contributed by atoms with Gasteiger partial charge in [-0.2, -0.15) is 0 Å². The van der Waals surface area contributed by atoms with Crippen LogP contribution in [0.2, 0.25) is 0 Å². The number of aryl methyl sites for hydroxylation is 1. The molecule has 1 heterocycles. The minimum absolute atomic E-state index is 0.0301. The number of rotatable bonds is 8. The van der Waals surface area contributed by atoms with Crippen LogP contribution in [0, 0.1) is 13.8 Å². The quantitative estimate of drug-likeness (QED) is 0.611. The summed E-state index contributed by atoms with van der Waals surface area (Å²) in [5.41, 5.74) is 3.14. The number of fused-ring (bicyclic) bond motifs is 1. The number of hydrogen-bond donors (Lipinski definition) is 1. The molecule has 1 aliphatic heterocycles. The fraction of sp³-hybridized carbons (Fsp3) is 0.700. The number of aromatic hydroxyl groups is 1. The van der Waals surface area contributed by atoms with Crippen LogP contribution in [-0.4, -0.2) is 10.7 Å². The Morgan fingerprint density at radius 2 is 1.64 bits per heavy atom. The lowest BCUT2D eigenvalue weighted by molar-refractivity contribution is 0.0687. The number of phenolic OH excluding ortho intramolecular Hbond substituents is 1. The summed E-state index contributed by atoms with van der Waals surface area (Å²) in [5, 5.41) is 10.2. The minimum atomic E-state index is -0.0301. The molecule has 2 rings (SSSR count). The predicted octanol–water partition coefficient (Wildman–Crippen LogP) is 5.84. The van der Waals surface area contributed by atoms with Gasteiger partial charge in [-0.1, -0.05) is 39.5 Å². The third-order valence-electron chi connectivity index (χ3n) is 5.12. The van der Waals surface area contributed by atoms with E-state index in [-0.39, 0.29) is 5.60 Å². The zero-order valence-electron chi connectivity index (χ0n) is 14.8. The van der Waals surface area contributed by atoms with Crippen molar-refractivity contribution in [2.45, 2.75) is 91.1 Å². The van der Waals surface area contributed by atoms with Crippen molar-refractivity contribution in [2.75, 3.05) is 0 Å². The molecule has 1 aliphatic rings. The van der Waals surface area contributed by atoms with Gasteiger partial charge in [0.05, 0.1) is 0 Å². The average molecular weight is 304 g/mol.